The molecule has 0 saturated carbocycles. The summed E-state index contributed by atoms with van der Waals surface area (Å²) in [5.74, 6) is -1.05. The first-order chi connectivity index (χ1) is 17.5. The minimum absolute atomic E-state index is 0.00287. The predicted molar refractivity (Wildman–Crippen MR) is 144 cm³/mol. The Hall–Kier alpha value is -2.92. The molecule has 0 bridgehead atoms. The van der Waals surface area contributed by atoms with Crippen molar-refractivity contribution in [3.8, 4) is 16.9 Å². The van der Waals surface area contributed by atoms with Crippen LogP contribution in [0, 0.1) is 5.82 Å². The Morgan fingerprint density at radius 2 is 2.00 bits per heavy atom. The highest BCUT2D eigenvalue weighted by molar-refractivity contribution is 9.10. The number of furan rings is 1. The highest BCUT2D eigenvalue weighted by atomic mass is 79.9. The van der Waals surface area contributed by atoms with Crippen LogP contribution in [-0.2, 0) is 35.7 Å². The molecule has 2 aromatic carbocycles. The zero-order valence-corrected chi connectivity index (χ0v) is 22.9. The molecule has 37 heavy (non-hydrogen) atoms. The van der Waals surface area contributed by atoms with E-state index >= 15 is 4.39 Å². The monoisotopic (exact) mass is 588 g/mol. The minimum atomic E-state index is -1.38. The summed E-state index contributed by atoms with van der Waals surface area (Å²) in [6, 6.07) is 12.2. The van der Waals surface area contributed by atoms with Crippen molar-refractivity contribution in [2.45, 2.75) is 45.1 Å². The van der Waals surface area contributed by atoms with Crippen molar-refractivity contribution in [2.75, 3.05) is 0 Å². The lowest BCUT2D eigenvalue weighted by molar-refractivity contribution is -0.136. The predicted octanol–water partition coefficient (Wildman–Crippen LogP) is 6.15. The second-order valence-corrected chi connectivity index (χ2v) is 12.4. The molecule has 0 spiro atoms. The maximum atomic E-state index is 15.6. The number of ether oxygens (including phenoxy) is 1. The van der Waals surface area contributed by atoms with E-state index in [-0.39, 0.29) is 25.3 Å². The summed E-state index contributed by atoms with van der Waals surface area (Å²) >= 11 is 2.02. The first-order valence-electron chi connectivity index (χ1n) is 11.4. The van der Waals surface area contributed by atoms with E-state index in [9.17, 15) is 14.5 Å². The Morgan fingerprint density at radius 1 is 1.22 bits per heavy atom. The minimum Gasteiger partial charge on any atom is -0.598 e. The van der Waals surface area contributed by atoms with Crippen LogP contribution in [0.4, 0.5) is 4.39 Å². The molecule has 194 valence electrons. The standard InChI is InChI=1S/C27H26BrFN2O5S/c1-27(2,3)37(34)31-14-22-25(29)20(6-8-30-22)21-11-16(10-18-7-9-35-26(18)21)15-36-23-13-19(28)5-4-17(23)12-24(32)33/h4-11,13,31H,12,14-15H2,1-3H3,(H,32,33). The van der Waals surface area contributed by atoms with Gasteiger partial charge in [-0.25, -0.2) is 4.39 Å². The molecule has 0 amide bonds. The number of aromatic nitrogens is 1. The first kappa shape index (κ1) is 27.1. The van der Waals surface area contributed by atoms with Crippen LogP contribution in [0.3, 0.4) is 0 Å². The van der Waals surface area contributed by atoms with Crippen LogP contribution < -0.4 is 9.46 Å². The molecule has 0 radical (unpaired) electrons. The molecule has 0 saturated heterocycles. The van der Waals surface area contributed by atoms with Crippen molar-refractivity contribution in [2.24, 2.45) is 0 Å². The number of rotatable bonds is 9. The largest absolute Gasteiger partial charge is 0.598 e. The van der Waals surface area contributed by atoms with Gasteiger partial charge in [-0.3, -0.25) is 9.78 Å². The van der Waals surface area contributed by atoms with Gasteiger partial charge in [-0.05, 0) is 62.7 Å². The topological polar surface area (TPSA) is 108 Å². The second-order valence-electron chi connectivity index (χ2n) is 9.41. The van der Waals surface area contributed by atoms with Crippen LogP contribution in [0.15, 0.2) is 63.8 Å². The molecule has 0 fully saturated rings. The number of hydrogen-bond donors (Lipinski definition) is 2. The lowest BCUT2D eigenvalue weighted by atomic mass is 10.00. The zero-order chi connectivity index (χ0) is 26.7. The van der Waals surface area contributed by atoms with Crippen molar-refractivity contribution in [1.29, 1.82) is 0 Å². The third-order valence-corrected chi connectivity index (χ3v) is 7.57. The molecule has 1 unspecified atom stereocenters. The van der Waals surface area contributed by atoms with Crippen molar-refractivity contribution >= 4 is 44.2 Å². The quantitative estimate of drug-likeness (QED) is 0.226. The zero-order valence-electron chi connectivity index (χ0n) is 20.5. The van der Waals surface area contributed by atoms with Crippen LogP contribution in [0.2, 0.25) is 0 Å². The third kappa shape index (κ3) is 6.51. The highest BCUT2D eigenvalue weighted by Gasteiger charge is 2.27. The maximum absolute atomic E-state index is 15.6. The van der Waals surface area contributed by atoms with E-state index in [1.165, 1.54) is 12.5 Å². The number of nitrogens with zero attached hydrogens (tertiary/aromatic N) is 1. The second kappa shape index (κ2) is 11.2. The SMILES string of the molecule is CC(C)(C)[S+]([O-])NCc1nccc(-c2cc(COc3cc(Br)ccc3CC(=O)O)cc3ccoc23)c1F. The molecule has 1 atom stereocenters. The van der Waals surface area contributed by atoms with E-state index in [4.69, 9.17) is 9.15 Å². The molecular formula is C27H26BrFN2O5S. The van der Waals surface area contributed by atoms with E-state index < -0.39 is 27.9 Å². The summed E-state index contributed by atoms with van der Waals surface area (Å²) in [6.45, 7) is 5.62. The summed E-state index contributed by atoms with van der Waals surface area (Å²) in [4.78, 5) is 15.4. The van der Waals surface area contributed by atoms with Crippen LogP contribution in [-0.4, -0.2) is 25.4 Å². The van der Waals surface area contributed by atoms with E-state index in [1.54, 1.807) is 36.4 Å². The normalized spacial score (nSPS) is 12.6. The number of halogens is 2. The van der Waals surface area contributed by atoms with Crippen LogP contribution >= 0.6 is 15.9 Å². The maximum Gasteiger partial charge on any atom is 0.307 e. The lowest BCUT2D eigenvalue weighted by Crippen LogP contribution is -2.39. The molecule has 0 aliphatic carbocycles. The van der Waals surface area contributed by atoms with Gasteiger partial charge in [-0.15, -0.1) is 4.72 Å². The number of carbonyl (C=O) groups is 1. The Balaban J connectivity index is 1.65. The number of hydrogen-bond acceptors (Lipinski definition) is 6. The summed E-state index contributed by atoms with van der Waals surface area (Å²) in [5.41, 5.74) is 2.77. The molecule has 2 N–H and O–H groups in total. The van der Waals surface area contributed by atoms with Crippen molar-refractivity contribution in [3.05, 3.63) is 82.0 Å². The molecule has 10 heteroatoms. The molecule has 4 rings (SSSR count). The Labute approximate surface area is 225 Å². The number of carboxylic acid groups (broad SMARTS) is 1. The number of fused-ring (bicyclic) bond motifs is 1. The van der Waals surface area contributed by atoms with Gasteiger partial charge >= 0.3 is 5.97 Å². The lowest BCUT2D eigenvalue weighted by Gasteiger charge is -2.23. The van der Waals surface area contributed by atoms with Crippen LogP contribution in [0.5, 0.6) is 5.75 Å². The van der Waals surface area contributed by atoms with E-state index in [0.717, 1.165) is 15.4 Å². The number of aliphatic carboxylic acids is 1. The number of nitrogens with one attached hydrogen (secondary N) is 1. The Bertz CT molecular complexity index is 1440. The summed E-state index contributed by atoms with van der Waals surface area (Å²) in [7, 11) is 0. The van der Waals surface area contributed by atoms with Gasteiger partial charge in [-0.1, -0.05) is 22.0 Å². The molecule has 2 heterocycles. The van der Waals surface area contributed by atoms with Gasteiger partial charge < -0.3 is 18.8 Å². The molecule has 0 aliphatic heterocycles. The number of benzene rings is 2. The molecule has 7 nitrogen and oxygen atoms in total. The number of carboxylic acids is 1. The fourth-order valence-corrected chi connectivity index (χ4v) is 4.77. The number of pyridine rings is 1. The van der Waals surface area contributed by atoms with Gasteiger partial charge in [0.1, 0.15) is 22.7 Å². The Kier molecular flexibility index (Phi) is 8.23. The van der Waals surface area contributed by atoms with Gasteiger partial charge in [-0.2, -0.15) is 0 Å². The molecule has 2 aromatic heterocycles. The molecule has 0 aliphatic rings. The highest BCUT2D eigenvalue weighted by Crippen LogP contribution is 2.34. The average molecular weight is 589 g/mol. The summed E-state index contributed by atoms with van der Waals surface area (Å²) in [5, 5.41) is 9.98. The fourth-order valence-electron chi connectivity index (χ4n) is 3.73. The van der Waals surface area contributed by atoms with Crippen molar-refractivity contribution in [3.63, 3.8) is 0 Å². The molecule has 4 aromatic rings. The molecular weight excluding hydrogens is 563 g/mol. The van der Waals surface area contributed by atoms with Gasteiger partial charge in [0, 0.05) is 44.1 Å². The summed E-state index contributed by atoms with van der Waals surface area (Å²) < 4.78 is 42.7. The van der Waals surface area contributed by atoms with Crippen molar-refractivity contribution in [1.82, 2.24) is 9.71 Å². The third-order valence-electron chi connectivity index (χ3n) is 5.55. The van der Waals surface area contributed by atoms with E-state index in [0.29, 0.717) is 28.0 Å². The van der Waals surface area contributed by atoms with Crippen LogP contribution in [0.25, 0.3) is 22.1 Å². The van der Waals surface area contributed by atoms with Crippen LogP contribution in [0.1, 0.15) is 37.6 Å². The van der Waals surface area contributed by atoms with Gasteiger partial charge in [0.2, 0.25) is 0 Å². The van der Waals surface area contributed by atoms with Crippen molar-refractivity contribution < 1.29 is 28.0 Å². The fraction of sp³-hybridized carbons (Fsp3) is 0.259. The average Bonchev–Trinajstić information content (AvgIpc) is 3.31. The van der Waals surface area contributed by atoms with Gasteiger partial charge in [0.15, 0.2) is 5.82 Å². The van der Waals surface area contributed by atoms with E-state index in [2.05, 4.69) is 25.6 Å². The van der Waals surface area contributed by atoms with Gasteiger partial charge in [0.25, 0.3) is 0 Å². The first-order valence-corrected chi connectivity index (χ1v) is 13.4. The van der Waals surface area contributed by atoms with Gasteiger partial charge in [0.05, 0.1) is 24.9 Å². The van der Waals surface area contributed by atoms with E-state index in [1.807, 2.05) is 26.8 Å². The smallest absolute Gasteiger partial charge is 0.307 e. The summed E-state index contributed by atoms with van der Waals surface area (Å²) in [6.07, 6.45) is 2.87. The Morgan fingerprint density at radius 3 is 2.73 bits per heavy atom.